The Hall–Kier alpha value is -3.08. The standard InChI is InChI=1S/C21H23N3O2/c1-16-14-23-24(15-16)11-5-10-22-21(26)19-13-18(8-9-20(19)25)12-17-6-3-2-4-7-17/h2-4,6-9,13-15,25H,5,10-12H2,1H3,(H,22,26). The number of phenols is 1. The molecule has 1 heterocycles. The number of nitrogens with zero attached hydrogens (tertiary/aromatic N) is 2. The van der Waals surface area contributed by atoms with Crippen LogP contribution in [0.4, 0.5) is 0 Å². The number of aromatic nitrogens is 2. The Morgan fingerprint density at radius 1 is 1.15 bits per heavy atom. The molecule has 0 aliphatic carbocycles. The van der Waals surface area contributed by atoms with E-state index in [0.29, 0.717) is 12.1 Å². The minimum atomic E-state index is -0.256. The molecular weight excluding hydrogens is 326 g/mol. The molecule has 0 bridgehead atoms. The second-order valence-electron chi connectivity index (χ2n) is 6.40. The van der Waals surface area contributed by atoms with Gasteiger partial charge >= 0.3 is 0 Å². The predicted molar refractivity (Wildman–Crippen MR) is 101 cm³/mol. The van der Waals surface area contributed by atoms with Crippen molar-refractivity contribution in [2.45, 2.75) is 26.3 Å². The monoisotopic (exact) mass is 349 g/mol. The molecule has 2 aromatic carbocycles. The number of nitrogens with one attached hydrogen (secondary N) is 1. The van der Waals surface area contributed by atoms with Crippen molar-refractivity contribution in [3.63, 3.8) is 0 Å². The van der Waals surface area contributed by atoms with Gasteiger partial charge in [0.15, 0.2) is 0 Å². The van der Waals surface area contributed by atoms with Crippen LogP contribution < -0.4 is 5.32 Å². The van der Waals surface area contributed by atoms with Crippen LogP contribution >= 0.6 is 0 Å². The lowest BCUT2D eigenvalue weighted by molar-refractivity contribution is 0.0950. The van der Waals surface area contributed by atoms with Gasteiger partial charge in [-0.3, -0.25) is 9.48 Å². The Morgan fingerprint density at radius 2 is 1.96 bits per heavy atom. The number of benzene rings is 2. The van der Waals surface area contributed by atoms with Crippen molar-refractivity contribution in [3.8, 4) is 5.75 Å². The van der Waals surface area contributed by atoms with Crippen LogP contribution in [0.3, 0.4) is 0 Å². The van der Waals surface area contributed by atoms with E-state index in [1.165, 1.54) is 5.56 Å². The van der Waals surface area contributed by atoms with Crippen molar-refractivity contribution < 1.29 is 9.90 Å². The van der Waals surface area contributed by atoms with Crippen molar-refractivity contribution in [1.82, 2.24) is 15.1 Å². The van der Waals surface area contributed by atoms with E-state index in [0.717, 1.165) is 30.5 Å². The Kier molecular flexibility index (Phi) is 5.69. The lowest BCUT2D eigenvalue weighted by atomic mass is 10.0. The fraction of sp³-hybridized carbons (Fsp3) is 0.238. The Labute approximate surface area is 153 Å². The molecule has 26 heavy (non-hydrogen) atoms. The van der Waals surface area contributed by atoms with Gasteiger partial charge in [0, 0.05) is 19.3 Å². The van der Waals surface area contributed by atoms with Crippen molar-refractivity contribution in [2.24, 2.45) is 0 Å². The second-order valence-corrected chi connectivity index (χ2v) is 6.40. The van der Waals surface area contributed by atoms with E-state index in [1.807, 2.05) is 60.4 Å². The summed E-state index contributed by atoms with van der Waals surface area (Å²) in [6.45, 7) is 3.27. The van der Waals surface area contributed by atoms with Crippen molar-refractivity contribution >= 4 is 5.91 Å². The zero-order valence-electron chi connectivity index (χ0n) is 14.9. The van der Waals surface area contributed by atoms with Gasteiger partial charge in [-0.05, 0) is 48.6 Å². The van der Waals surface area contributed by atoms with Gasteiger partial charge in [-0.25, -0.2) is 0 Å². The highest BCUT2D eigenvalue weighted by Gasteiger charge is 2.12. The minimum Gasteiger partial charge on any atom is -0.507 e. The topological polar surface area (TPSA) is 67.2 Å². The van der Waals surface area contributed by atoms with Crippen LogP contribution in [-0.4, -0.2) is 27.3 Å². The molecular formula is C21H23N3O2. The molecule has 0 saturated carbocycles. The number of carbonyl (C=O) groups excluding carboxylic acids is 1. The van der Waals surface area contributed by atoms with E-state index in [4.69, 9.17) is 0 Å². The summed E-state index contributed by atoms with van der Waals surface area (Å²) in [6, 6.07) is 15.2. The molecule has 0 fully saturated rings. The summed E-state index contributed by atoms with van der Waals surface area (Å²) in [5, 5.41) is 17.1. The van der Waals surface area contributed by atoms with E-state index < -0.39 is 0 Å². The van der Waals surface area contributed by atoms with Gasteiger partial charge in [-0.1, -0.05) is 36.4 Å². The van der Waals surface area contributed by atoms with E-state index in [2.05, 4.69) is 10.4 Å². The maximum Gasteiger partial charge on any atom is 0.255 e. The Bertz CT molecular complexity index is 872. The van der Waals surface area contributed by atoms with Crippen LogP contribution in [0, 0.1) is 6.92 Å². The maximum atomic E-state index is 12.4. The molecule has 3 rings (SSSR count). The van der Waals surface area contributed by atoms with Gasteiger partial charge in [0.2, 0.25) is 0 Å². The average molecular weight is 349 g/mol. The number of aryl methyl sites for hydroxylation is 2. The third-order valence-electron chi connectivity index (χ3n) is 4.17. The molecule has 0 radical (unpaired) electrons. The zero-order chi connectivity index (χ0) is 18.4. The van der Waals surface area contributed by atoms with Gasteiger partial charge in [0.05, 0.1) is 11.8 Å². The van der Waals surface area contributed by atoms with Gasteiger partial charge in [0.25, 0.3) is 5.91 Å². The van der Waals surface area contributed by atoms with Crippen molar-refractivity contribution in [3.05, 3.63) is 83.2 Å². The molecule has 0 unspecified atom stereocenters. The van der Waals surface area contributed by atoms with Crippen LogP contribution in [0.25, 0.3) is 0 Å². The first-order valence-corrected chi connectivity index (χ1v) is 8.75. The molecule has 5 heteroatoms. The van der Waals surface area contributed by atoms with Crippen LogP contribution in [0.1, 0.15) is 33.5 Å². The molecule has 0 saturated heterocycles. The summed E-state index contributed by atoms with van der Waals surface area (Å²) < 4.78 is 1.86. The highest BCUT2D eigenvalue weighted by atomic mass is 16.3. The molecule has 5 nitrogen and oxygen atoms in total. The minimum absolute atomic E-state index is 0.00186. The molecule has 134 valence electrons. The van der Waals surface area contributed by atoms with Gasteiger partial charge in [-0.15, -0.1) is 0 Å². The summed E-state index contributed by atoms with van der Waals surface area (Å²) >= 11 is 0. The first kappa shape index (κ1) is 17.7. The predicted octanol–water partition coefficient (Wildman–Crippen LogP) is 3.31. The Balaban J connectivity index is 1.56. The van der Waals surface area contributed by atoms with E-state index in [1.54, 1.807) is 12.1 Å². The van der Waals surface area contributed by atoms with Crippen LogP contribution in [0.5, 0.6) is 5.75 Å². The smallest absolute Gasteiger partial charge is 0.255 e. The number of amides is 1. The fourth-order valence-electron chi connectivity index (χ4n) is 2.83. The quantitative estimate of drug-likeness (QED) is 0.643. The normalized spacial score (nSPS) is 10.7. The molecule has 3 aromatic rings. The maximum absolute atomic E-state index is 12.4. The molecule has 0 aliphatic rings. The number of carbonyl (C=O) groups is 1. The number of aromatic hydroxyl groups is 1. The SMILES string of the molecule is Cc1cnn(CCCNC(=O)c2cc(Cc3ccccc3)ccc2O)c1. The van der Waals surface area contributed by atoms with Crippen LogP contribution in [-0.2, 0) is 13.0 Å². The second kappa shape index (κ2) is 8.34. The third kappa shape index (κ3) is 4.72. The zero-order valence-corrected chi connectivity index (χ0v) is 14.9. The van der Waals surface area contributed by atoms with Crippen LogP contribution in [0.15, 0.2) is 60.9 Å². The van der Waals surface area contributed by atoms with Crippen LogP contribution in [0.2, 0.25) is 0 Å². The number of hydrogen-bond acceptors (Lipinski definition) is 3. The van der Waals surface area contributed by atoms with E-state index >= 15 is 0 Å². The van der Waals surface area contributed by atoms with E-state index in [9.17, 15) is 9.90 Å². The lowest BCUT2D eigenvalue weighted by Gasteiger charge is -2.09. The largest absolute Gasteiger partial charge is 0.507 e. The number of phenolic OH excluding ortho intramolecular Hbond substituents is 1. The molecule has 2 N–H and O–H groups in total. The average Bonchev–Trinajstić information content (AvgIpc) is 3.06. The summed E-state index contributed by atoms with van der Waals surface area (Å²) in [4.78, 5) is 12.4. The first-order valence-electron chi connectivity index (χ1n) is 8.75. The van der Waals surface area contributed by atoms with Gasteiger partial charge in [-0.2, -0.15) is 5.10 Å². The highest BCUT2D eigenvalue weighted by molar-refractivity contribution is 5.97. The number of hydrogen-bond donors (Lipinski definition) is 2. The molecule has 0 aliphatic heterocycles. The fourth-order valence-corrected chi connectivity index (χ4v) is 2.83. The Morgan fingerprint density at radius 3 is 2.69 bits per heavy atom. The molecule has 1 aromatic heterocycles. The molecule has 1 amide bonds. The summed E-state index contributed by atoms with van der Waals surface area (Å²) in [5.41, 5.74) is 3.59. The van der Waals surface area contributed by atoms with E-state index in [-0.39, 0.29) is 11.7 Å². The summed E-state index contributed by atoms with van der Waals surface area (Å²) in [5.74, 6) is -0.254. The van der Waals surface area contributed by atoms with Gasteiger partial charge in [0.1, 0.15) is 5.75 Å². The summed E-state index contributed by atoms with van der Waals surface area (Å²) in [6.07, 6.45) is 5.28. The number of rotatable bonds is 7. The summed E-state index contributed by atoms with van der Waals surface area (Å²) in [7, 11) is 0. The molecule has 0 spiro atoms. The lowest BCUT2D eigenvalue weighted by Crippen LogP contribution is -2.25. The highest BCUT2D eigenvalue weighted by Crippen LogP contribution is 2.20. The van der Waals surface area contributed by atoms with Crippen molar-refractivity contribution in [2.75, 3.05) is 6.54 Å². The van der Waals surface area contributed by atoms with Crippen molar-refractivity contribution in [1.29, 1.82) is 0 Å². The first-order chi connectivity index (χ1) is 12.6. The molecule has 0 atom stereocenters. The van der Waals surface area contributed by atoms with Gasteiger partial charge < -0.3 is 10.4 Å². The third-order valence-corrected chi connectivity index (χ3v) is 4.17.